The summed E-state index contributed by atoms with van der Waals surface area (Å²) < 4.78 is 0. The molecule has 3 atom stereocenters. The first kappa shape index (κ1) is 12.2. The second-order valence-corrected chi connectivity index (χ2v) is 7.42. The van der Waals surface area contributed by atoms with Gasteiger partial charge in [-0.25, -0.2) is 0 Å². The average molecular weight is 222 g/mol. The van der Waals surface area contributed by atoms with Gasteiger partial charge in [-0.1, -0.05) is 46.8 Å². The Morgan fingerprint density at radius 1 is 1.19 bits per heavy atom. The number of allylic oxidation sites excluding steroid dienone is 2. The van der Waals surface area contributed by atoms with Gasteiger partial charge in [0.05, 0.1) is 0 Å². The molecule has 0 radical (unpaired) electrons. The molecule has 2 rings (SSSR count). The van der Waals surface area contributed by atoms with Crippen molar-refractivity contribution in [1.29, 1.82) is 0 Å². The van der Waals surface area contributed by atoms with Gasteiger partial charge < -0.3 is 5.11 Å². The summed E-state index contributed by atoms with van der Waals surface area (Å²) in [6.45, 7) is 12.2. The van der Waals surface area contributed by atoms with Gasteiger partial charge in [0.2, 0.25) is 0 Å². The summed E-state index contributed by atoms with van der Waals surface area (Å²) in [5.74, 6) is 1.14. The lowest BCUT2D eigenvalue weighted by Crippen LogP contribution is -2.43. The predicted octanol–water partition coefficient (Wildman–Crippen LogP) is 3.63. The number of rotatable bonds is 1. The zero-order valence-corrected chi connectivity index (χ0v) is 11.4. The van der Waals surface area contributed by atoms with Crippen molar-refractivity contribution in [1.82, 2.24) is 0 Å². The van der Waals surface area contributed by atoms with Gasteiger partial charge >= 0.3 is 0 Å². The van der Waals surface area contributed by atoms with E-state index in [9.17, 15) is 5.11 Å². The fourth-order valence-corrected chi connectivity index (χ4v) is 5.16. The first-order valence-corrected chi connectivity index (χ1v) is 6.52. The Morgan fingerprint density at radius 2 is 1.81 bits per heavy atom. The highest BCUT2D eigenvalue weighted by Gasteiger charge is 2.59. The Kier molecular flexibility index (Phi) is 2.55. The zero-order valence-electron chi connectivity index (χ0n) is 11.4. The van der Waals surface area contributed by atoms with Crippen LogP contribution in [0.3, 0.4) is 0 Å². The number of hydrogen-bond acceptors (Lipinski definition) is 1. The van der Waals surface area contributed by atoms with Crippen molar-refractivity contribution in [2.24, 2.45) is 28.1 Å². The van der Waals surface area contributed by atoms with Gasteiger partial charge in [-0.05, 0) is 40.9 Å². The van der Waals surface area contributed by atoms with Crippen LogP contribution >= 0.6 is 0 Å². The zero-order chi connectivity index (χ0) is 12.2. The van der Waals surface area contributed by atoms with Crippen LogP contribution in [0.4, 0.5) is 0 Å². The van der Waals surface area contributed by atoms with E-state index in [1.54, 1.807) is 0 Å². The minimum absolute atomic E-state index is 0.248. The summed E-state index contributed by atoms with van der Waals surface area (Å²) in [4.78, 5) is 0. The van der Waals surface area contributed by atoms with Crippen molar-refractivity contribution >= 4 is 0 Å². The maximum Gasteiger partial charge on any atom is 0.0464 e. The molecule has 1 N–H and O–H groups in total. The first-order valence-electron chi connectivity index (χ1n) is 6.52. The maximum absolute atomic E-state index is 9.61. The molecule has 0 bridgehead atoms. The molecule has 0 unspecified atom stereocenters. The van der Waals surface area contributed by atoms with E-state index in [1.165, 1.54) is 12.8 Å². The highest BCUT2D eigenvalue weighted by molar-refractivity contribution is 5.18. The van der Waals surface area contributed by atoms with Crippen molar-refractivity contribution < 1.29 is 5.11 Å². The molecule has 0 aromatic heterocycles. The van der Waals surface area contributed by atoms with Gasteiger partial charge in [0.1, 0.15) is 0 Å². The Balaban J connectivity index is 2.46. The van der Waals surface area contributed by atoms with E-state index in [4.69, 9.17) is 0 Å². The van der Waals surface area contributed by atoms with Crippen molar-refractivity contribution in [3.8, 4) is 0 Å². The molecule has 1 saturated carbocycles. The van der Waals surface area contributed by atoms with Crippen molar-refractivity contribution in [2.75, 3.05) is 6.61 Å². The maximum atomic E-state index is 9.61. The van der Waals surface area contributed by atoms with Crippen LogP contribution in [0.25, 0.3) is 0 Å². The smallest absolute Gasteiger partial charge is 0.0464 e. The fourth-order valence-electron chi connectivity index (χ4n) is 5.16. The molecular formula is C15H26O. The summed E-state index contributed by atoms with van der Waals surface area (Å²) in [7, 11) is 0. The number of aliphatic hydroxyl groups excluding tert-OH is 1. The Hall–Kier alpha value is -0.300. The van der Waals surface area contributed by atoms with Crippen LogP contribution in [0.15, 0.2) is 12.2 Å². The quantitative estimate of drug-likeness (QED) is 0.672. The van der Waals surface area contributed by atoms with Crippen molar-refractivity contribution in [3.05, 3.63) is 12.2 Å². The molecular weight excluding hydrogens is 196 g/mol. The third-order valence-electron chi connectivity index (χ3n) is 5.30. The van der Waals surface area contributed by atoms with E-state index in [0.29, 0.717) is 23.9 Å². The van der Waals surface area contributed by atoms with Crippen LogP contribution in [0.2, 0.25) is 0 Å². The van der Waals surface area contributed by atoms with E-state index in [-0.39, 0.29) is 10.8 Å². The molecule has 1 nitrogen and oxygen atoms in total. The highest BCUT2D eigenvalue weighted by atomic mass is 16.3. The number of aliphatic hydroxyl groups is 1. The Bertz CT molecular complexity index is 313. The normalized spacial score (nSPS) is 44.4. The summed E-state index contributed by atoms with van der Waals surface area (Å²) in [5.41, 5.74) is 0.896. The summed E-state index contributed by atoms with van der Waals surface area (Å²) >= 11 is 0. The van der Waals surface area contributed by atoms with Crippen molar-refractivity contribution in [2.45, 2.75) is 47.5 Å². The molecule has 0 spiro atoms. The van der Waals surface area contributed by atoms with Crippen LogP contribution in [-0.4, -0.2) is 11.7 Å². The lowest BCUT2D eigenvalue weighted by atomic mass is 9.55. The second kappa shape index (κ2) is 3.35. The van der Waals surface area contributed by atoms with Crippen LogP contribution < -0.4 is 0 Å². The minimum atomic E-state index is 0.248. The first-order chi connectivity index (χ1) is 7.24. The van der Waals surface area contributed by atoms with Crippen LogP contribution in [0, 0.1) is 28.1 Å². The lowest BCUT2D eigenvalue weighted by molar-refractivity contribution is 0.0212. The van der Waals surface area contributed by atoms with E-state index >= 15 is 0 Å². The van der Waals surface area contributed by atoms with E-state index in [2.05, 4.69) is 46.8 Å². The molecule has 92 valence electrons. The molecule has 0 heterocycles. The van der Waals surface area contributed by atoms with Gasteiger partial charge in [-0.2, -0.15) is 0 Å². The van der Waals surface area contributed by atoms with Gasteiger partial charge in [-0.3, -0.25) is 0 Å². The van der Waals surface area contributed by atoms with Gasteiger partial charge in [0.15, 0.2) is 0 Å². The molecule has 1 fully saturated rings. The SMILES string of the molecule is CC1(C)C=CC[C@@]2(C)C[C@H](CO)C(C)(C)[C@H]12. The molecule has 0 saturated heterocycles. The number of hydrogen-bond donors (Lipinski definition) is 1. The van der Waals surface area contributed by atoms with Crippen molar-refractivity contribution in [3.63, 3.8) is 0 Å². The molecule has 2 aliphatic rings. The second-order valence-electron chi connectivity index (χ2n) is 7.42. The molecule has 0 aromatic carbocycles. The van der Waals surface area contributed by atoms with E-state index in [0.717, 1.165) is 0 Å². The largest absolute Gasteiger partial charge is 0.396 e. The minimum Gasteiger partial charge on any atom is -0.396 e. The molecule has 16 heavy (non-hydrogen) atoms. The summed E-state index contributed by atoms with van der Waals surface area (Å²) in [6.07, 6.45) is 7.10. The molecule has 1 heteroatoms. The highest BCUT2D eigenvalue weighted by Crippen LogP contribution is 2.66. The molecule has 0 aromatic rings. The van der Waals surface area contributed by atoms with Gasteiger partial charge in [0, 0.05) is 6.61 Å². The van der Waals surface area contributed by atoms with E-state index in [1.807, 2.05) is 0 Å². The predicted molar refractivity (Wildman–Crippen MR) is 68.1 cm³/mol. The standard InChI is InChI=1S/C15H26O/c1-13(2)7-6-8-15(5)9-11(10-16)14(3,4)12(13)15/h6-7,11-12,16H,8-10H2,1-5H3/t11-,12+,15+/m1/s1. The van der Waals surface area contributed by atoms with Crippen LogP contribution in [0.5, 0.6) is 0 Å². The van der Waals surface area contributed by atoms with Crippen LogP contribution in [-0.2, 0) is 0 Å². The average Bonchev–Trinajstić information content (AvgIpc) is 2.32. The van der Waals surface area contributed by atoms with Gasteiger partial charge in [0.25, 0.3) is 0 Å². The molecule has 0 amide bonds. The summed E-state index contributed by atoms with van der Waals surface area (Å²) in [6, 6.07) is 0. The topological polar surface area (TPSA) is 20.2 Å². The van der Waals surface area contributed by atoms with Gasteiger partial charge in [-0.15, -0.1) is 0 Å². The van der Waals surface area contributed by atoms with Crippen LogP contribution in [0.1, 0.15) is 47.5 Å². The fraction of sp³-hybridized carbons (Fsp3) is 0.867. The Labute approximate surface area is 99.9 Å². The lowest BCUT2D eigenvalue weighted by Gasteiger charge is -2.49. The Morgan fingerprint density at radius 3 is 2.31 bits per heavy atom. The molecule has 0 aliphatic heterocycles. The monoisotopic (exact) mass is 222 g/mol. The summed E-state index contributed by atoms with van der Waals surface area (Å²) in [5, 5.41) is 9.61. The number of fused-ring (bicyclic) bond motifs is 1. The van der Waals surface area contributed by atoms with E-state index < -0.39 is 0 Å². The molecule has 2 aliphatic carbocycles. The third-order valence-corrected chi connectivity index (χ3v) is 5.30. The third kappa shape index (κ3) is 1.48.